The summed E-state index contributed by atoms with van der Waals surface area (Å²) in [5, 5.41) is 0. The van der Waals surface area contributed by atoms with Crippen LogP contribution in [0.3, 0.4) is 0 Å². The first kappa shape index (κ1) is 19.3. The number of amides is 1. The van der Waals surface area contributed by atoms with E-state index in [0.29, 0.717) is 19.4 Å². The summed E-state index contributed by atoms with van der Waals surface area (Å²) >= 11 is 0. The summed E-state index contributed by atoms with van der Waals surface area (Å²) in [6.45, 7) is 1.53. The summed E-state index contributed by atoms with van der Waals surface area (Å²) in [4.78, 5) is 23.1. The number of carbonyl (C=O) groups is 1. The molecule has 1 N–H and O–H groups in total. The number of ether oxygens (including phenoxy) is 2. The van der Waals surface area contributed by atoms with E-state index >= 15 is 0 Å². The summed E-state index contributed by atoms with van der Waals surface area (Å²) in [5.74, 6) is 2.98. The number of H-pyrrole nitrogens is 1. The summed E-state index contributed by atoms with van der Waals surface area (Å²) in [5.41, 5.74) is 3.03. The molecule has 6 nitrogen and oxygen atoms in total. The number of benzene rings is 2. The normalized spacial score (nSPS) is 16.8. The van der Waals surface area contributed by atoms with E-state index in [0.717, 1.165) is 53.3 Å². The molecule has 0 spiro atoms. The molecule has 0 radical (unpaired) electrons. The lowest BCUT2D eigenvalue weighted by Crippen LogP contribution is -2.39. The first-order valence-corrected chi connectivity index (χ1v) is 10.1. The Kier molecular flexibility index (Phi) is 5.69. The number of nitrogens with one attached hydrogen (secondary N) is 1. The molecule has 0 saturated carbocycles. The quantitative estimate of drug-likeness (QED) is 0.689. The molecule has 1 aromatic heterocycles. The number of methoxy groups -OCH3 is 2. The lowest BCUT2D eigenvalue weighted by atomic mass is 9.96. The molecule has 152 valence electrons. The zero-order chi connectivity index (χ0) is 20.2. The Labute approximate surface area is 170 Å². The average molecular weight is 393 g/mol. The van der Waals surface area contributed by atoms with Gasteiger partial charge in [0, 0.05) is 25.4 Å². The monoisotopic (exact) mass is 393 g/mol. The molecule has 1 amide bonds. The molecule has 4 rings (SSSR count). The molecular weight excluding hydrogens is 366 g/mol. The van der Waals surface area contributed by atoms with Crippen LogP contribution in [-0.2, 0) is 11.2 Å². The Morgan fingerprint density at radius 2 is 2.07 bits per heavy atom. The Morgan fingerprint density at radius 1 is 1.21 bits per heavy atom. The number of imidazole rings is 1. The SMILES string of the molecule is COc1ccc(OC)c(CCC(=O)N2CCCC(c3nc4ccccc4[nH]3)C2)c1. The molecule has 2 heterocycles. The van der Waals surface area contributed by atoms with Gasteiger partial charge in [-0.3, -0.25) is 4.79 Å². The van der Waals surface area contributed by atoms with Crippen LogP contribution in [0.25, 0.3) is 11.0 Å². The molecule has 1 aliphatic rings. The fourth-order valence-corrected chi connectivity index (χ4v) is 4.07. The lowest BCUT2D eigenvalue weighted by Gasteiger charge is -2.32. The highest BCUT2D eigenvalue weighted by atomic mass is 16.5. The van der Waals surface area contributed by atoms with Gasteiger partial charge in [-0.05, 0) is 55.2 Å². The summed E-state index contributed by atoms with van der Waals surface area (Å²) in [7, 11) is 3.29. The number of nitrogens with zero attached hydrogens (tertiary/aromatic N) is 2. The number of hydrogen-bond acceptors (Lipinski definition) is 4. The summed E-state index contributed by atoms with van der Waals surface area (Å²) in [6.07, 6.45) is 3.13. The fraction of sp³-hybridized carbons (Fsp3) is 0.391. The minimum Gasteiger partial charge on any atom is -0.497 e. The minimum absolute atomic E-state index is 0.177. The van der Waals surface area contributed by atoms with Crippen LogP contribution in [0.4, 0.5) is 0 Å². The number of likely N-dealkylation sites (tertiary alicyclic amines) is 1. The average Bonchev–Trinajstić information content (AvgIpc) is 3.21. The molecular formula is C23H27N3O3. The standard InChI is InChI=1S/C23H27N3O3/c1-28-18-10-11-21(29-2)16(14-18)9-12-22(27)26-13-5-6-17(15-26)23-24-19-7-3-4-8-20(19)25-23/h3-4,7-8,10-11,14,17H,5-6,9,12-13,15H2,1-2H3,(H,24,25). The van der Waals surface area contributed by atoms with Crippen LogP contribution in [0.15, 0.2) is 42.5 Å². The summed E-state index contributed by atoms with van der Waals surface area (Å²) < 4.78 is 10.7. The number of hydrogen-bond donors (Lipinski definition) is 1. The third-order valence-electron chi connectivity index (χ3n) is 5.66. The van der Waals surface area contributed by atoms with Gasteiger partial charge in [0.25, 0.3) is 0 Å². The molecule has 1 fully saturated rings. The Morgan fingerprint density at radius 3 is 2.86 bits per heavy atom. The molecule has 0 bridgehead atoms. The van der Waals surface area contributed by atoms with Gasteiger partial charge >= 0.3 is 0 Å². The third kappa shape index (κ3) is 4.21. The first-order valence-electron chi connectivity index (χ1n) is 10.1. The van der Waals surface area contributed by atoms with Crippen molar-refractivity contribution in [3.8, 4) is 11.5 Å². The van der Waals surface area contributed by atoms with Crippen molar-refractivity contribution in [3.05, 3.63) is 53.9 Å². The first-order chi connectivity index (χ1) is 14.2. The van der Waals surface area contributed by atoms with Gasteiger partial charge in [-0.2, -0.15) is 0 Å². The highest BCUT2D eigenvalue weighted by molar-refractivity contribution is 5.77. The number of aryl methyl sites for hydroxylation is 1. The van der Waals surface area contributed by atoms with Gasteiger partial charge in [0.1, 0.15) is 17.3 Å². The third-order valence-corrected chi connectivity index (χ3v) is 5.66. The lowest BCUT2D eigenvalue weighted by molar-refractivity contribution is -0.132. The van der Waals surface area contributed by atoms with Crippen molar-refractivity contribution in [2.45, 2.75) is 31.6 Å². The molecule has 0 aliphatic carbocycles. The van der Waals surface area contributed by atoms with Crippen LogP contribution >= 0.6 is 0 Å². The highest BCUT2D eigenvalue weighted by Gasteiger charge is 2.26. The van der Waals surface area contributed by atoms with Crippen LogP contribution in [0.5, 0.6) is 11.5 Å². The van der Waals surface area contributed by atoms with Gasteiger partial charge in [-0.1, -0.05) is 12.1 Å². The van der Waals surface area contributed by atoms with E-state index in [2.05, 4.69) is 4.98 Å². The van der Waals surface area contributed by atoms with Crippen molar-refractivity contribution in [1.82, 2.24) is 14.9 Å². The Hall–Kier alpha value is -3.02. The Bertz CT molecular complexity index is 965. The number of fused-ring (bicyclic) bond motifs is 1. The number of carbonyl (C=O) groups excluding carboxylic acids is 1. The van der Waals surface area contributed by atoms with Crippen molar-refractivity contribution in [1.29, 1.82) is 0 Å². The van der Waals surface area contributed by atoms with Crippen LogP contribution in [0, 0.1) is 0 Å². The molecule has 1 atom stereocenters. The van der Waals surface area contributed by atoms with E-state index in [4.69, 9.17) is 14.5 Å². The number of aromatic amines is 1. The van der Waals surface area contributed by atoms with Crippen LogP contribution in [0.2, 0.25) is 0 Å². The molecule has 3 aromatic rings. The van der Waals surface area contributed by atoms with Crippen molar-refractivity contribution >= 4 is 16.9 Å². The smallest absolute Gasteiger partial charge is 0.222 e. The van der Waals surface area contributed by atoms with Gasteiger partial charge in [-0.15, -0.1) is 0 Å². The van der Waals surface area contributed by atoms with Crippen LogP contribution in [0.1, 0.15) is 36.6 Å². The maximum atomic E-state index is 12.9. The van der Waals surface area contributed by atoms with Gasteiger partial charge in [-0.25, -0.2) is 4.98 Å². The van der Waals surface area contributed by atoms with E-state index in [1.54, 1.807) is 14.2 Å². The molecule has 1 aliphatic heterocycles. The van der Waals surface area contributed by atoms with E-state index in [1.807, 2.05) is 47.4 Å². The van der Waals surface area contributed by atoms with Crippen molar-refractivity contribution in [2.24, 2.45) is 0 Å². The zero-order valence-corrected chi connectivity index (χ0v) is 17.0. The second kappa shape index (κ2) is 8.55. The maximum Gasteiger partial charge on any atom is 0.222 e. The number of piperidine rings is 1. The largest absolute Gasteiger partial charge is 0.497 e. The van der Waals surface area contributed by atoms with Gasteiger partial charge < -0.3 is 19.4 Å². The molecule has 1 unspecified atom stereocenters. The number of rotatable bonds is 6. The van der Waals surface area contributed by atoms with Crippen LogP contribution in [-0.4, -0.2) is 48.1 Å². The Balaban J connectivity index is 1.41. The van der Waals surface area contributed by atoms with Crippen molar-refractivity contribution < 1.29 is 14.3 Å². The second-order valence-electron chi connectivity index (χ2n) is 7.50. The van der Waals surface area contributed by atoms with Crippen LogP contribution < -0.4 is 9.47 Å². The van der Waals surface area contributed by atoms with E-state index in [-0.39, 0.29) is 11.8 Å². The van der Waals surface area contributed by atoms with Gasteiger partial charge in [0.2, 0.25) is 5.91 Å². The van der Waals surface area contributed by atoms with E-state index in [1.165, 1.54) is 0 Å². The predicted molar refractivity (Wildman–Crippen MR) is 113 cm³/mol. The highest BCUT2D eigenvalue weighted by Crippen LogP contribution is 2.28. The van der Waals surface area contributed by atoms with E-state index in [9.17, 15) is 4.79 Å². The predicted octanol–water partition coefficient (Wildman–Crippen LogP) is 3.92. The molecule has 1 saturated heterocycles. The molecule has 2 aromatic carbocycles. The van der Waals surface area contributed by atoms with E-state index < -0.39 is 0 Å². The van der Waals surface area contributed by atoms with Gasteiger partial charge in [0.15, 0.2) is 0 Å². The molecule has 6 heteroatoms. The summed E-state index contributed by atoms with van der Waals surface area (Å²) in [6, 6.07) is 13.8. The topological polar surface area (TPSA) is 67.5 Å². The van der Waals surface area contributed by atoms with Crippen molar-refractivity contribution in [2.75, 3.05) is 27.3 Å². The second-order valence-corrected chi connectivity index (χ2v) is 7.50. The maximum absolute atomic E-state index is 12.9. The van der Waals surface area contributed by atoms with Crippen molar-refractivity contribution in [3.63, 3.8) is 0 Å². The number of aromatic nitrogens is 2. The molecule has 29 heavy (non-hydrogen) atoms. The minimum atomic E-state index is 0.177. The zero-order valence-electron chi connectivity index (χ0n) is 17.0. The van der Waals surface area contributed by atoms with Gasteiger partial charge in [0.05, 0.1) is 25.3 Å². The fourth-order valence-electron chi connectivity index (χ4n) is 4.07. The number of para-hydroxylation sites is 2.